The van der Waals surface area contributed by atoms with Gasteiger partial charge in [0.05, 0.1) is 13.0 Å². The van der Waals surface area contributed by atoms with Crippen molar-refractivity contribution in [1.29, 1.82) is 0 Å². The molecule has 0 aliphatic carbocycles. The maximum absolute atomic E-state index is 12.6. The molecule has 7 nitrogen and oxygen atoms in total. The van der Waals surface area contributed by atoms with Gasteiger partial charge in [-0.05, 0) is 12.5 Å². The number of aromatic nitrogens is 3. The van der Waals surface area contributed by atoms with E-state index in [4.69, 9.17) is 4.42 Å². The zero-order valence-corrected chi connectivity index (χ0v) is 14.5. The van der Waals surface area contributed by atoms with Crippen molar-refractivity contribution in [2.75, 3.05) is 6.54 Å². The summed E-state index contributed by atoms with van der Waals surface area (Å²) in [6, 6.07) is 10.0. The maximum Gasteiger partial charge on any atom is 0.267 e. The van der Waals surface area contributed by atoms with E-state index in [-0.39, 0.29) is 17.9 Å². The number of aryl methyl sites for hydroxylation is 1. The standard InChI is InChI=1S/C19H20N4O3/c1-12-14(19(25)22-21-12)10-18(24)23-8-7-16-15(11-23)20-17(26-16)9-13-5-3-2-4-6-13/h2-6H,7-11H2,1H3,(H2,21,22,25). The van der Waals surface area contributed by atoms with Gasteiger partial charge in [0.25, 0.3) is 5.56 Å². The third kappa shape index (κ3) is 3.20. The second-order valence-electron chi connectivity index (χ2n) is 6.56. The summed E-state index contributed by atoms with van der Waals surface area (Å²) >= 11 is 0. The van der Waals surface area contributed by atoms with Crippen molar-refractivity contribution in [3.05, 3.63) is 74.9 Å². The first-order valence-corrected chi connectivity index (χ1v) is 8.65. The van der Waals surface area contributed by atoms with E-state index in [0.29, 0.717) is 43.1 Å². The molecule has 0 fully saturated rings. The first-order valence-electron chi connectivity index (χ1n) is 8.65. The fraction of sp³-hybridized carbons (Fsp3) is 0.316. The number of H-pyrrole nitrogens is 2. The summed E-state index contributed by atoms with van der Waals surface area (Å²) in [5, 5.41) is 5.26. The smallest absolute Gasteiger partial charge is 0.267 e. The van der Waals surface area contributed by atoms with Crippen molar-refractivity contribution in [2.24, 2.45) is 0 Å². The molecule has 7 heteroatoms. The molecule has 2 aromatic heterocycles. The van der Waals surface area contributed by atoms with Gasteiger partial charge in [0.2, 0.25) is 5.91 Å². The highest BCUT2D eigenvalue weighted by atomic mass is 16.4. The van der Waals surface area contributed by atoms with Crippen LogP contribution in [0.3, 0.4) is 0 Å². The van der Waals surface area contributed by atoms with E-state index >= 15 is 0 Å². The topological polar surface area (TPSA) is 95.0 Å². The Hall–Kier alpha value is -3.09. The molecule has 1 aliphatic heterocycles. The number of amides is 1. The molecule has 0 saturated carbocycles. The van der Waals surface area contributed by atoms with Crippen LogP contribution in [0.15, 0.2) is 39.5 Å². The Morgan fingerprint density at radius 1 is 1.27 bits per heavy atom. The number of hydrogen-bond donors (Lipinski definition) is 2. The number of nitrogens with zero attached hydrogens (tertiary/aromatic N) is 2. The van der Waals surface area contributed by atoms with E-state index in [0.717, 1.165) is 17.0 Å². The molecule has 26 heavy (non-hydrogen) atoms. The number of carbonyl (C=O) groups excluding carboxylic acids is 1. The molecule has 1 aliphatic rings. The highest BCUT2D eigenvalue weighted by molar-refractivity contribution is 5.79. The molecule has 0 spiro atoms. The Morgan fingerprint density at radius 2 is 2.08 bits per heavy atom. The molecule has 3 aromatic rings. The first-order chi connectivity index (χ1) is 12.6. The lowest BCUT2D eigenvalue weighted by Crippen LogP contribution is -2.37. The highest BCUT2D eigenvalue weighted by Gasteiger charge is 2.26. The molecule has 3 heterocycles. The largest absolute Gasteiger partial charge is 0.445 e. The summed E-state index contributed by atoms with van der Waals surface area (Å²) in [4.78, 5) is 30.6. The van der Waals surface area contributed by atoms with Gasteiger partial charge in [0.15, 0.2) is 5.89 Å². The number of benzene rings is 1. The van der Waals surface area contributed by atoms with Gasteiger partial charge in [-0.25, -0.2) is 4.98 Å². The average Bonchev–Trinajstić information content (AvgIpc) is 3.19. The van der Waals surface area contributed by atoms with Crippen molar-refractivity contribution in [1.82, 2.24) is 20.1 Å². The molecular weight excluding hydrogens is 332 g/mol. The number of carbonyl (C=O) groups is 1. The van der Waals surface area contributed by atoms with Gasteiger partial charge >= 0.3 is 0 Å². The van der Waals surface area contributed by atoms with Gasteiger partial charge < -0.3 is 14.4 Å². The molecule has 4 rings (SSSR count). The SMILES string of the molecule is Cc1[nH][nH]c(=O)c1CC(=O)N1CCc2oc(Cc3ccccc3)nc2C1. The Labute approximate surface area is 150 Å². The number of oxazole rings is 1. The Kier molecular flexibility index (Phi) is 4.20. The molecule has 2 N–H and O–H groups in total. The normalized spacial score (nSPS) is 13.7. The second kappa shape index (κ2) is 6.67. The molecule has 0 radical (unpaired) electrons. The van der Waals surface area contributed by atoms with Crippen LogP contribution in [0.2, 0.25) is 0 Å². The van der Waals surface area contributed by atoms with Gasteiger partial charge in [-0.15, -0.1) is 0 Å². The summed E-state index contributed by atoms with van der Waals surface area (Å²) in [6.07, 6.45) is 1.37. The fourth-order valence-corrected chi connectivity index (χ4v) is 3.26. The zero-order chi connectivity index (χ0) is 18.1. The van der Waals surface area contributed by atoms with Gasteiger partial charge in [0, 0.05) is 30.6 Å². The predicted octanol–water partition coefficient (Wildman–Crippen LogP) is 1.72. The van der Waals surface area contributed by atoms with Gasteiger partial charge in [0.1, 0.15) is 11.5 Å². The number of hydrogen-bond acceptors (Lipinski definition) is 4. The number of rotatable bonds is 4. The molecule has 0 saturated heterocycles. The van der Waals surface area contributed by atoms with E-state index in [1.807, 2.05) is 30.3 Å². The molecule has 0 atom stereocenters. The molecule has 0 unspecified atom stereocenters. The van der Waals surface area contributed by atoms with Crippen LogP contribution < -0.4 is 5.56 Å². The monoisotopic (exact) mass is 352 g/mol. The lowest BCUT2D eigenvalue weighted by molar-refractivity contribution is -0.131. The summed E-state index contributed by atoms with van der Waals surface area (Å²) in [5.41, 5.74) is 2.91. The van der Waals surface area contributed by atoms with Gasteiger partial charge in [-0.1, -0.05) is 30.3 Å². The van der Waals surface area contributed by atoms with Crippen molar-refractivity contribution in [2.45, 2.75) is 32.7 Å². The first kappa shape index (κ1) is 16.4. The average molecular weight is 352 g/mol. The quantitative estimate of drug-likeness (QED) is 0.747. The van der Waals surface area contributed by atoms with Gasteiger partial charge in [-0.2, -0.15) is 0 Å². The van der Waals surface area contributed by atoms with Crippen molar-refractivity contribution in [3.63, 3.8) is 0 Å². The summed E-state index contributed by atoms with van der Waals surface area (Å²) in [7, 11) is 0. The van der Waals surface area contributed by atoms with E-state index in [1.165, 1.54) is 0 Å². The minimum Gasteiger partial charge on any atom is -0.445 e. The van der Waals surface area contributed by atoms with Crippen molar-refractivity contribution >= 4 is 5.91 Å². The number of fused-ring (bicyclic) bond motifs is 1. The number of aromatic amines is 2. The minimum absolute atomic E-state index is 0.0727. The van der Waals surface area contributed by atoms with Gasteiger partial charge in [-0.3, -0.25) is 14.7 Å². The van der Waals surface area contributed by atoms with E-state index < -0.39 is 0 Å². The third-order valence-electron chi connectivity index (χ3n) is 4.74. The van der Waals surface area contributed by atoms with Crippen LogP contribution in [-0.2, 0) is 30.6 Å². The molecule has 134 valence electrons. The summed E-state index contributed by atoms with van der Waals surface area (Å²) in [6.45, 7) is 2.78. The van der Waals surface area contributed by atoms with Crippen LogP contribution in [0.1, 0.15) is 34.2 Å². The number of nitrogens with one attached hydrogen (secondary N) is 2. The molecule has 0 bridgehead atoms. The predicted molar refractivity (Wildman–Crippen MR) is 94.7 cm³/mol. The Morgan fingerprint density at radius 3 is 2.81 bits per heavy atom. The molecular formula is C19H20N4O3. The van der Waals surface area contributed by atoms with Crippen molar-refractivity contribution in [3.8, 4) is 0 Å². The van der Waals surface area contributed by atoms with Crippen LogP contribution in [0.25, 0.3) is 0 Å². The highest BCUT2D eigenvalue weighted by Crippen LogP contribution is 2.22. The van der Waals surface area contributed by atoms with Crippen LogP contribution in [-0.4, -0.2) is 32.5 Å². The molecule has 1 aromatic carbocycles. The van der Waals surface area contributed by atoms with E-state index in [9.17, 15) is 9.59 Å². The Bertz CT molecular complexity index is 984. The van der Waals surface area contributed by atoms with E-state index in [1.54, 1.807) is 11.8 Å². The summed E-state index contributed by atoms with van der Waals surface area (Å²) in [5.74, 6) is 1.46. The minimum atomic E-state index is -0.236. The van der Waals surface area contributed by atoms with E-state index in [2.05, 4.69) is 15.2 Å². The fourth-order valence-electron chi connectivity index (χ4n) is 3.26. The molecule has 1 amide bonds. The van der Waals surface area contributed by atoms with Crippen LogP contribution in [0.4, 0.5) is 0 Å². The second-order valence-corrected chi connectivity index (χ2v) is 6.56. The van der Waals surface area contributed by atoms with Crippen molar-refractivity contribution < 1.29 is 9.21 Å². The Balaban J connectivity index is 1.46. The van der Waals surface area contributed by atoms with Crippen LogP contribution in [0.5, 0.6) is 0 Å². The van der Waals surface area contributed by atoms with Crippen LogP contribution >= 0.6 is 0 Å². The summed E-state index contributed by atoms with van der Waals surface area (Å²) < 4.78 is 5.87. The van der Waals surface area contributed by atoms with Crippen LogP contribution in [0, 0.1) is 6.92 Å². The third-order valence-corrected chi connectivity index (χ3v) is 4.74. The lowest BCUT2D eigenvalue weighted by atomic mass is 10.1. The maximum atomic E-state index is 12.6. The zero-order valence-electron chi connectivity index (χ0n) is 14.5. The lowest BCUT2D eigenvalue weighted by Gasteiger charge is -2.25.